The lowest BCUT2D eigenvalue weighted by atomic mass is 10.0. The first-order valence-electron chi connectivity index (χ1n) is 9.31. The van der Waals surface area contributed by atoms with Crippen LogP contribution in [0.3, 0.4) is 0 Å². The van der Waals surface area contributed by atoms with Crippen LogP contribution in [0.1, 0.15) is 56.3 Å². The second-order valence-corrected chi connectivity index (χ2v) is 6.83. The van der Waals surface area contributed by atoms with Gasteiger partial charge in [0.1, 0.15) is 5.75 Å². The van der Waals surface area contributed by atoms with E-state index in [-0.39, 0.29) is 5.84 Å². The molecule has 0 saturated carbocycles. The summed E-state index contributed by atoms with van der Waals surface area (Å²) in [6.45, 7) is 7.58. The van der Waals surface area contributed by atoms with Gasteiger partial charge >= 0.3 is 0 Å². The summed E-state index contributed by atoms with van der Waals surface area (Å²) < 4.78 is 5.40. The number of unbranched alkanes of at least 4 members (excludes halogenated alkanes) is 2. The van der Waals surface area contributed by atoms with Gasteiger partial charge in [0.2, 0.25) is 0 Å². The van der Waals surface area contributed by atoms with E-state index in [1.807, 2.05) is 26.0 Å². The molecule has 0 aliphatic heterocycles. The average Bonchev–Trinajstić information content (AvgIpc) is 3.07. The van der Waals surface area contributed by atoms with Gasteiger partial charge in [0.05, 0.1) is 23.6 Å². The molecule has 0 amide bonds. The zero-order chi connectivity index (χ0) is 20.7. The maximum absolute atomic E-state index is 6.28. The lowest BCUT2D eigenvalue weighted by Crippen LogP contribution is -2.07. The highest BCUT2D eigenvalue weighted by Crippen LogP contribution is 2.24. The number of amidine groups is 1. The largest absolute Gasteiger partial charge is 0.496 e. The van der Waals surface area contributed by atoms with Gasteiger partial charge in [-0.15, -0.1) is 11.3 Å². The molecule has 0 saturated heterocycles. The Balaban J connectivity index is 0.000000998. The molecule has 0 radical (unpaired) electrons. The molecule has 0 aliphatic rings. The highest BCUT2D eigenvalue weighted by molar-refractivity contribution is 7.09. The zero-order valence-corrected chi connectivity index (χ0v) is 18.1. The number of methoxy groups -OCH3 is 1. The number of nitrogens with one attached hydrogen (secondary N) is 2. The zero-order valence-electron chi connectivity index (χ0n) is 17.3. The third-order valence-electron chi connectivity index (χ3n) is 3.49. The number of aryl methyl sites for hydroxylation is 3. The number of ether oxygens (including phenoxy) is 1. The number of thiazole rings is 1. The molecule has 152 valence electrons. The summed E-state index contributed by atoms with van der Waals surface area (Å²) >= 11 is 1.73. The van der Waals surface area contributed by atoms with Gasteiger partial charge in [-0.2, -0.15) is 0 Å². The second-order valence-electron chi connectivity index (χ2n) is 5.77. The van der Waals surface area contributed by atoms with E-state index in [4.69, 9.17) is 21.7 Å². The van der Waals surface area contributed by atoms with E-state index >= 15 is 0 Å². The predicted octanol–water partition coefficient (Wildman–Crippen LogP) is 4.67. The molecule has 0 atom stereocenters. The Kier molecular flexibility index (Phi) is 13.8. The van der Waals surface area contributed by atoms with Crippen LogP contribution >= 0.6 is 11.3 Å². The maximum atomic E-state index is 6.28. The van der Waals surface area contributed by atoms with Gasteiger partial charge < -0.3 is 15.9 Å². The number of nitrogen functional groups attached to an aromatic ring is 1. The Morgan fingerprint density at radius 3 is 2.37 bits per heavy atom. The van der Waals surface area contributed by atoms with E-state index in [2.05, 4.69) is 28.8 Å². The van der Waals surface area contributed by atoms with Crippen molar-refractivity contribution < 1.29 is 4.74 Å². The van der Waals surface area contributed by atoms with Crippen LogP contribution in [0, 0.1) is 12.3 Å². The number of nitrogens with two attached hydrogens (primary N) is 2. The van der Waals surface area contributed by atoms with Crippen molar-refractivity contribution >= 4 is 22.9 Å². The molecule has 2 aromatic rings. The van der Waals surface area contributed by atoms with Gasteiger partial charge in [-0.25, -0.2) is 4.98 Å². The highest BCUT2D eigenvalue weighted by atomic mass is 32.1. The highest BCUT2D eigenvalue weighted by Gasteiger charge is 2.04. The Morgan fingerprint density at radius 2 is 1.85 bits per heavy atom. The molecule has 27 heavy (non-hydrogen) atoms. The number of anilines is 1. The van der Waals surface area contributed by atoms with Crippen molar-refractivity contribution in [1.29, 1.82) is 5.41 Å². The summed E-state index contributed by atoms with van der Waals surface area (Å²) in [6.07, 6.45) is 5.61. The summed E-state index contributed by atoms with van der Waals surface area (Å²) in [5.74, 6) is 6.56. The average molecular weight is 394 g/mol. The van der Waals surface area contributed by atoms with E-state index in [9.17, 15) is 0 Å². The molecule has 0 unspecified atom stereocenters. The molecule has 7 heteroatoms. The fourth-order valence-corrected chi connectivity index (χ4v) is 3.03. The van der Waals surface area contributed by atoms with Gasteiger partial charge in [-0.05, 0) is 63.3 Å². The van der Waals surface area contributed by atoms with Crippen LogP contribution in [0.5, 0.6) is 5.75 Å². The van der Waals surface area contributed by atoms with Gasteiger partial charge in [0, 0.05) is 11.1 Å². The van der Waals surface area contributed by atoms with Gasteiger partial charge in [-0.1, -0.05) is 20.3 Å². The molecule has 0 bridgehead atoms. The van der Waals surface area contributed by atoms with Crippen LogP contribution in [0.4, 0.5) is 5.69 Å². The molecule has 0 spiro atoms. The minimum atomic E-state index is 0.167. The molecule has 0 fully saturated rings. The topological polar surface area (TPSA) is 110 Å². The molecular weight excluding hydrogens is 358 g/mol. The molecule has 6 nitrogen and oxygen atoms in total. The van der Waals surface area contributed by atoms with Crippen LogP contribution in [0.15, 0.2) is 23.6 Å². The van der Waals surface area contributed by atoms with Gasteiger partial charge in [-0.3, -0.25) is 11.3 Å². The van der Waals surface area contributed by atoms with Crippen molar-refractivity contribution in [3.8, 4) is 5.75 Å². The number of rotatable bonds is 8. The number of hydrogen-bond acceptors (Lipinski definition) is 6. The fraction of sp³-hybridized carbons (Fsp3) is 0.500. The Morgan fingerprint density at radius 1 is 1.22 bits per heavy atom. The maximum Gasteiger partial charge on any atom is 0.122 e. The monoisotopic (exact) mass is 393 g/mol. The van der Waals surface area contributed by atoms with Crippen LogP contribution in [-0.2, 0) is 12.8 Å². The van der Waals surface area contributed by atoms with Crippen LogP contribution < -0.4 is 21.7 Å². The van der Waals surface area contributed by atoms with E-state index < -0.39 is 0 Å². The van der Waals surface area contributed by atoms with Crippen molar-refractivity contribution in [1.82, 2.24) is 4.98 Å². The lowest BCUT2D eigenvalue weighted by Gasteiger charge is -2.10. The normalized spacial score (nSPS) is 9.41. The molecule has 2 rings (SSSR count). The Labute approximate surface area is 167 Å². The molecule has 6 N–H and O–H groups in total. The van der Waals surface area contributed by atoms with E-state index in [0.29, 0.717) is 0 Å². The van der Waals surface area contributed by atoms with Crippen molar-refractivity contribution in [2.45, 2.75) is 59.8 Å². The van der Waals surface area contributed by atoms with Crippen LogP contribution in [0.25, 0.3) is 0 Å². The first kappa shape index (κ1) is 24.9. The molecule has 0 aliphatic carbocycles. The third-order valence-corrected chi connectivity index (χ3v) is 4.31. The molecule has 1 aromatic carbocycles. The van der Waals surface area contributed by atoms with Gasteiger partial charge in [0.15, 0.2) is 0 Å². The van der Waals surface area contributed by atoms with Crippen molar-refractivity contribution in [3.63, 3.8) is 0 Å². The first-order valence-corrected chi connectivity index (χ1v) is 10.2. The molecule has 1 aromatic heterocycles. The van der Waals surface area contributed by atoms with E-state index in [0.717, 1.165) is 35.7 Å². The molecular formula is C20H35N5OS. The summed E-state index contributed by atoms with van der Waals surface area (Å²) in [5, 5.41) is 9.59. The van der Waals surface area contributed by atoms with Crippen molar-refractivity contribution in [2.24, 2.45) is 11.6 Å². The van der Waals surface area contributed by atoms with E-state index in [1.165, 1.54) is 31.0 Å². The van der Waals surface area contributed by atoms with Crippen molar-refractivity contribution in [3.05, 3.63) is 39.8 Å². The SMILES string of the molecule is CC.CC(=N)N.COc1ccc(NN)cc1CCCCCc1csc(C)n1. The quantitative estimate of drug-likeness (QED) is 0.171. The summed E-state index contributed by atoms with van der Waals surface area (Å²) in [4.78, 5) is 4.49. The van der Waals surface area contributed by atoms with Crippen LogP contribution in [-0.4, -0.2) is 17.9 Å². The van der Waals surface area contributed by atoms with Gasteiger partial charge in [0.25, 0.3) is 0 Å². The van der Waals surface area contributed by atoms with Crippen LogP contribution in [0.2, 0.25) is 0 Å². The van der Waals surface area contributed by atoms with Crippen molar-refractivity contribution in [2.75, 3.05) is 12.5 Å². The minimum absolute atomic E-state index is 0.167. The smallest absolute Gasteiger partial charge is 0.122 e. The molecule has 1 heterocycles. The second kappa shape index (κ2) is 15.0. The first-order chi connectivity index (χ1) is 13.0. The minimum Gasteiger partial charge on any atom is -0.496 e. The predicted molar refractivity (Wildman–Crippen MR) is 118 cm³/mol. The number of hydrogen-bond donors (Lipinski definition) is 4. The number of hydrazine groups is 1. The summed E-state index contributed by atoms with van der Waals surface area (Å²) in [7, 11) is 1.71. The number of aromatic nitrogens is 1. The lowest BCUT2D eigenvalue weighted by molar-refractivity contribution is 0.409. The number of nitrogens with zero attached hydrogens (tertiary/aromatic N) is 1. The van der Waals surface area contributed by atoms with E-state index in [1.54, 1.807) is 18.4 Å². The number of benzene rings is 1. The summed E-state index contributed by atoms with van der Waals surface area (Å²) in [5.41, 5.74) is 10.7. The third kappa shape index (κ3) is 11.2. The standard InChI is InChI=1S/C16H23N3OS.C2H6N2.C2H6/c1-12-18-15(11-21-12)7-5-3-4-6-13-10-14(19-17)8-9-16(13)20-2;1-2(3)4;1-2/h8-11,19H,3-7,17H2,1-2H3;1H3,(H3,3,4);1-2H3. The Bertz CT molecular complexity index is 654. The fourth-order valence-electron chi connectivity index (χ4n) is 2.39. The Hall–Kier alpha value is -2.12. The summed E-state index contributed by atoms with van der Waals surface area (Å²) in [6, 6.07) is 5.94.